The van der Waals surface area contributed by atoms with Crippen LogP contribution in [0.2, 0.25) is 0 Å². The van der Waals surface area contributed by atoms with Gasteiger partial charge >= 0.3 is 11.8 Å². The maximum atomic E-state index is 13.3. The Kier molecular flexibility index (Phi) is 6.76. The normalized spacial score (nSPS) is 16.8. The summed E-state index contributed by atoms with van der Waals surface area (Å²) in [7, 11) is -3.75. The summed E-state index contributed by atoms with van der Waals surface area (Å²) < 4.78 is 41.3. The van der Waals surface area contributed by atoms with Crippen molar-refractivity contribution in [1.29, 1.82) is 0 Å². The molecule has 0 aliphatic carbocycles. The molecule has 1 saturated heterocycles. The third-order valence-electron chi connectivity index (χ3n) is 5.28. The molecule has 0 unspecified atom stereocenters. The highest BCUT2D eigenvalue weighted by atomic mass is 32.2. The van der Waals surface area contributed by atoms with E-state index >= 15 is 0 Å². The molecule has 2 N–H and O–H groups in total. The number of halogens is 1. The van der Waals surface area contributed by atoms with Gasteiger partial charge in [0, 0.05) is 24.8 Å². The number of carbonyl (C=O) groups excluding carboxylic acids is 2. The summed E-state index contributed by atoms with van der Waals surface area (Å²) in [4.78, 5) is 24.5. The fraction of sp³-hybridized carbons (Fsp3) is 0.364. The first-order valence-electron chi connectivity index (χ1n) is 10.0. The van der Waals surface area contributed by atoms with Gasteiger partial charge in [-0.3, -0.25) is 9.59 Å². The summed E-state index contributed by atoms with van der Waals surface area (Å²) >= 11 is 0. The van der Waals surface area contributed by atoms with E-state index in [-0.39, 0.29) is 12.2 Å². The molecule has 166 valence electrons. The predicted octanol–water partition coefficient (Wildman–Crippen LogP) is 2.66. The van der Waals surface area contributed by atoms with Crippen molar-refractivity contribution in [3.05, 3.63) is 58.9 Å². The molecule has 7 nitrogen and oxygen atoms in total. The van der Waals surface area contributed by atoms with E-state index in [2.05, 4.69) is 10.6 Å². The van der Waals surface area contributed by atoms with Crippen LogP contribution in [-0.4, -0.2) is 43.7 Å². The number of sulfonamides is 1. The summed E-state index contributed by atoms with van der Waals surface area (Å²) in [6.07, 6.45) is 1.24. The largest absolute Gasteiger partial charge is 0.346 e. The first kappa shape index (κ1) is 22.9. The minimum absolute atomic E-state index is 0.0125. The van der Waals surface area contributed by atoms with E-state index < -0.39 is 33.7 Å². The zero-order chi connectivity index (χ0) is 22.8. The molecule has 9 heteroatoms. The van der Waals surface area contributed by atoms with Crippen LogP contribution in [-0.2, 0) is 19.6 Å². The molecular weight excluding hydrogens is 421 g/mol. The average Bonchev–Trinajstić information content (AvgIpc) is 3.14. The number of aryl methyl sites for hydroxylation is 3. The maximum absolute atomic E-state index is 13.3. The van der Waals surface area contributed by atoms with Gasteiger partial charge in [0.15, 0.2) is 0 Å². The van der Waals surface area contributed by atoms with E-state index in [0.29, 0.717) is 35.4 Å². The second kappa shape index (κ2) is 9.15. The average molecular weight is 448 g/mol. The number of nitrogens with one attached hydrogen (secondary N) is 2. The lowest BCUT2D eigenvalue weighted by Crippen LogP contribution is -2.45. The second-order valence-electron chi connectivity index (χ2n) is 7.81. The van der Waals surface area contributed by atoms with E-state index in [4.69, 9.17) is 0 Å². The van der Waals surface area contributed by atoms with Crippen molar-refractivity contribution in [1.82, 2.24) is 9.62 Å². The Morgan fingerprint density at radius 3 is 2.42 bits per heavy atom. The Hall–Kier alpha value is -2.78. The van der Waals surface area contributed by atoms with Crippen molar-refractivity contribution in [2.75, 3.05) is 18.4 Å². The highest BCUT2D eigenvalue weighted by Gasteiger charge is 2.37. The third-order valence-corrected chi connectivity index (χ3v) is 7.54. The van der Waals surface area contributed by atoms with Gasteiger partial charge in [-0.05, 0) is 62.9 Å². The van der Waals surface area contributed by atoms with E-state index in [9.17, 15) is 22.4 Å². The third kappa shape index (κ3) is 5.11. The fourth-order valence-corrected chi connectivity index (χ4v) is 6.17. The van der Waals surface area contributed by atoms with E-state index in [1.54, 1.807) is 13.8 Å². The molecule has 0 bridgehead atoms. The van der Waals surface area contributed by atoms with Crippen molar-refractivity contribution >= 4 is 27.5 Å². The van der Waals surface area contributed by atoms with Crippen LogP contribution in [0.1, 0.15) is 29.5 Å². The molecule has 1 aliphatic heterocycles. The van der Waals surface area contributed by atoms with E-state index in [1.165, 1.54) is 22.5 Å². The Morgan fingerprint density at radius 1 is 1.10 bits per heavy atom. The van der Waals surface area contributed by atoms with Gasteiger partial charge in [-0.2, -0.15) is 4.31 Å². The van der Waals surface area contributed by atoms with Crippen molar-refractivity contribution < 1.29 is 22.4 Å². The summed E-state index contributed by atoms with van der Waals surface area (Å²) in [6, 6.07) is 8.43. The quantitative estimate of drug-likeness (QED) is 0.689. The van der Waals surface area contributed by atoms with Crippen LogP contribution in [0.4, 0.5) is 10.1 Å². The van der Waals surface area contributed by atoms with Crippen molar-refractivity contribution in [3.63, 3.8) is 0 Å². The molecule has 3 rings (SSSR count). The van der Waals surface area contributed by atoms with Crippen LogP contribution in [0, 0.1) is 26.6 Å². The molecule has 1 atom stereocenters. The molecule has 31 heavy (non-hydrogen) atoms. The molecule has 1 aliphatic rings. The maximum Gasteiger partial charge on any atom is 0.313 e. The summed E-state index contributed by atoms with van der Waals surface area (Å²) in [6.45, 7) is 5.83. The zero-order valence-corrected chi connectivity index (χ0v) is 18.6. The monoisotopic (exact) mass is 447 g/mol. The molecule has 1 heterocycles. The summed E-state index contributed by atoms with van der Waals surface area (Å²) in [5.74, 6) is -2.38. The zero-order valence-electron chi connectivity index (χ0n) is 17.7. The number of nitrogens with zero attached hydrogens (tertiary/aromatic N) is 1. The first-order valence-corrected chi connectivity index (χ1v) is 11.5. The number of anilines is 1. The van der Waals surface area contributed by atoms with Crippen LogP contribution < -0.4 is 10.6 Å². The number of hydrogen-bond donors (Lipinski definition) is 2. The lowest BCUT2D eigenvalue weighted by molar-refractivity contribution is -0.136. The summed E-state index contributed by atoms with van der Waals surface area (Å²) in [5, 5.41) is 4.82. The second-order valence-corrected chi connectivity index (χ2v) is 9.64. The summed E-state index contributed by atoms with van der Waals surface area (Å²) in [5.41, 5.74) is 2.52. The molecule has 1 fully saturated rings. The highest BCUT2D eigenvalue weighted by Crippen LogP contribution is 2.30. The first-order chi connectivity index (χ1) is 14.6. The van der Waals surface area contributed by atoms with Crippen LogP contribution >= 0.6 is 0 Å². The number of hydrogen-bond acceptors (Lipinski definition) is 4. The standard InChI is InChI=1S/C22H26FN3O4S/c1-14-10-15(2)20(16(3)11-14)31(29,30)26-9-5-8-19(26)13-24-21(27)22(28)25-18-7-4-6-17(23)12-18/h4,6-7,10-12,19H,5,8-9,13H2,1-3H3,(H,24,27)(H,25,28)/t19-/m1/s1. The van der Waals surface area contributed by atoms with Gasteiger partial charge in [0.05, 0.1) is 4.90 Å². The number of benzene rings is 2. The van der Waals surface area contributed by atoms with Crippen molar-refractivity contribution in [2.24, 2.45) is 0 Å². The van der Waals surface area contributed by atoms with Gasteiger partial charge < -0.3 is 10.6 Å². The predicted molar refractivity (Wildman–Crippen MR) is 116 cm³/mol. The highest BCUT2D eigenvalue weighted by molar-refractivity contribution is 7.89. The smallest absolute Gasteiger partial charge is 0.313 e. The number of carbonyl (C=O) groups is 2. The lowest BCUT2D eigenvalue weighted by Gasteiger charge is -2.26. The van der Waals surface area contributed by atoms with Gasteiger partial charge in [0.1, 0.15) is 5.82 Å². The number of rotatable bonds is 5. The van der Waals surface area contributed by atoms with Crippen molar-refractivity contribution in [3.8, 4) is 0 Å². The molecule has 2 amide bonds. The topological polar surface area (TPSA) is 95.6 Å². The van der Waals surface area contributed by atoms with Crippen molar-refractivity contribution in [2.45, 2.75) is 44.6 Å². The van der Waals surface area contributed by atoms with Crippen LogP contribution in [0.25, 0.3) is 0 Å². The van der Waals surface area contributed by atoms with Gasteiger partial charge in [-0.1, -0.05) is 23.8 Å². The van der Waals surface area contributed by atoms with Gasteiger partial charge in [-0.25, -0.2) is 12.8 Å². The number of amides is 2. The molecule has 0 radical (unpaired) electrons. The minimum atomic E-state index is -3.75. The molecule has 2 aromatic rings. The molecule has 0 spiro atoms. The minimum Gasteiger partial charge on any atom is -0.346 e. The Morgan fingerprint density at radius 2 is 1.77 bits per heavy atom. The molecule has 2 aromatic carbocycles. The SMILES string of the molecule is Cc1cc(C)c(S(=O)(=O)N2CCC[C@@H]2CNC(=O)C(=O)Nc2cccc(F)c2)c(C)c1. The van der Waals surface area contributed by atoms with Crippen LogP contribution in [0.3, 0.4) is 0 Å². The Balaban J connectivity index is 1.68. The van der Waals surface area contributed by atoms with E-state index in [0.717, 1.165) is 11.6 Å². The molecule has 0 aromatic heterocycles. The molecule has 0 saturated carbocycles. The Bertz CT molecular complexity index is 1090. The lowest BCUT2D eigenvalue weighted by atomic mass is 10.1. The van der Waals surface area contributed by atoms with Gasteiger partial charge in [0.25, 0.3) is 0 Å². The van der Waals surface area contributed by atoms with Gasteiger partial charge in [-0.15, -0.1) is 0 Å². The van der Waals surface area contributed by atoms with Crippen LogP contribution in [0.5, 0.6) is 0 Å². The van der Waals surface area contributed by atoms with Gasteiger partial charge in [0.2, 0.25) is 10.0 Å². The fourth-order valence-electron chi connectivity index (χ4n) is 4.07. The van der Waals surface area contributed by atoms with E-state index in [1.807, 2.05) is 19.1 Å². The molecular formula is C22H26FN3O4S. The Labute approximate surface area is 181 Å². The van der Waals surface area contributed by atoms with Crippen LogP contribution in [0.15, 0.2) is 41.3 Å².